The highest BCUT2D eigenvalue weighted by Gasteiger charge is 2.20. The summed E-state index contributed by atoms with van der Waals surface area (Å²) in [6.45, 7) is 5.88. The summed E-state index contributed by atoms with van der Waals surface area (Å²) in [6.07, 6.45) is 1.65. The topological polar surface area (TPSA) is 98.0 Å². The molecule has 0 atom stereocenters. The molecule has 178 valence electrons. The maximum atomic E-state index is 12.4. The van der Waals surface area contributed by atoms with Gasteiger partial charge in [-0.2, -0.15) is 0 Å². The number of halogens is 1. The molecule has 2 heterocycles. The second-order valence-electron chi connectivity index (χ2n) is 8.23. The molecule has 0 aliphatic carbocycles. The molecule has 9 heteroatoms. The van der Waals surface area contributed by atoms with Crippen LogP contribution in [0.1, 0.15) is 26.5 Å². The van der Waals surface area contributed by atoms with Crippen LogP contribution in [0, 0.1) is 6.92 Å². The van der Waals surface area contributed by atoms with E-state index < -0.39 is 15.1 Å². The van der Waals surface area contributed by atoms with Crippen LogP contribution in [-0.2, 0) is 16.4 Å². The molecule has 0 saturated carbocycles. The lowest BCUT2D eigenvalue weighted by atomic mass is 10.1. The number of rotatable bonds is 7. The largest absolute Gasteiger partial charge is 0.354 e. The number of aryl methyl sites for hydroxylation is 1. The van der Waals surface area contributed by atoms with Crippen molar-refractivity contribution < 1.29 is 14.4 Å². The molecule has 0 amide bonds. The van der Waals surface area contributed by atoms with Crippen LogP contribution in [-0.4, -0.2) is 35.8 Å². The normalized spacial score (nSPS) is 11.8. The third-order valence-electron chi connectivity index (χ3n) is 5.49. The van der Waals surface area contributed by atoms with Gasteiger partial charge in [0.2, 0.25) is 0 Å². The van der Waals surface area contributed by atoms with E-state index in [4.69, 9.17) is 21.1 Å². The highest BCUT2D eigenvalue weighted by atomic mass is 35.5. The van der Waals surface area contributed by atoms with E-state index in [1.165, 1.54) is 0 Å². The van der Waals surface area contributed by atoms with Crippen molar-refractivity contribution in [3.05, 3.63) is 71.0 Å². The van der Waals surface area contributed by atoms with Gasteiger partial charge in [-0.1, -0.05) is 41.0 Å². The van der Waals surface area contributed by atoms with Crippen LogP contribution < -0.4 is 5.32 Å². The van der Waals surface area contributed by atoms with Crippen LogP contribution in [0.15, 0.2) is 64.1 Å². The van der Waals surface area contributed by atoms with Crippen molar-refractivity contribution in [2.75, 3.05) is 7.05 Å². The predicted octanol–water partition coefficient (Wildman–Crippen LogP) is 5.57. The number of hydrogen-bond acceptors (Lipinski definition) is 7. The molecule has 1 N–H and O–H groups in total. The van der Waals surface area contributed by atoms with Gasteiger partial charge in [-0.3, -0.25) is 4.98 Å². The molecule has 34 heavy (non-hydrogen) atoms. The summed E-state index contributed by atoms with van der Waals surface area (Å²) in [7, 11) is -1.46. The first-order valence-corrected chi connectivity index (χ1v) is 12.7. The number of sulfone groups is 1. The molecule has 4 aromatic rings. The molecular formula is C25H27ClN4O3S. The van der Waals surface area contributed by atoms with Crippen LogP contribution in [0.2, 0.25) is 5.02 Å². The van der Waals surface area contributed by atoms with Crippen molar-refractivity contribution in [2.24, 2.45) is 0 Å². The summed E-state index contributed by atoms with van der Waals surface area (Å²) in [6, 6.07) is 14.2. The number of benzene rings is 2. The van der Waals surface area contributed by atoms with E-state index in [1.54, 1.807) is 50.4 Å². The maximum Gasteiger partial charge on any atom is 0.187 e. The summed E-state index contributed by atoms with van der Waals surface area (Å²) < 4.78 is 30.4. The van der Waals surface area contributed by atoms with Gasteiger partial charge in [0.25, 0.3) is 0 Å². The van der Waals surface area contributed by atoms with Crippen LogP contribution in [0.25, 0.3) is 34.0 Å². The first-order valence-electron chi connectivity index (χ1n) is 10.8. The molecule has 0 aliphatic heterocycles. The first-order chi connectivity index (χ1) is 16.2. The van der Waals surface area contributed by atoms with Gasteiger partial charge in [0.05, 0.1) is 32.8 Å². The monoisotopic (exact) mass is 498 g/mol. The molecule has 2 aromatic heterocycles. The van der Waals surface area contributed by atoms with Gasteiger partial charge in [-0.25, -0.2) is 13.4 Å². The molecule has 0 fully saturated rings. The van der Waals surface area contributed by atoms with Gasteiger partial charge >= 0.3 is 0 Å². The van der Waals surface area contributed by atoms with Gasteiger partial charge in [-0.15, -0.1) is 0 Å². The van der Waals surface area contributed by atoms with E-state index >= 15 is 0 Å². The predicted molar refractivity (Wildman–Crippen MR) is 135 cm³/mol. The van der Waals surface area contributed by atoms with Gasteiger partial charge in [0, 0.05) is 25.2 Å². The fourth-order valence-electron chi connectivity index (χ4n) is 3.50. The summed E-state index contributed by atoms with van der Waals surface area (Å²) in [5, 5.41) is 7.38. The smallest absolute Gasteiger partial charge is 0.187 e. The van der Waals surface area contributed by atoms with E-state index in [0.717, 1.165) is 23.2 Å². The molecule has 0 bridgehead atoms. The number of nitrogens with one attached hydrogen (secondary N) is 1. The Balaban J connectivity index is 0.00000342. The Labute approximate surface area is 205 Å². The van der Waals surface area contributed by atoms with Crippen molar-refractivity contribution in [3.63, 3.8) is 0 Å². The average Bonchev–Trinajstić information content (AvgIpc) is 3.29. The minimum absolute atomic E-state index is 0. The Bertz CT molecular complexity index is 1440. The Hall–Kier alpha value is -3.07. The third kappa shape index (κ3) is 4.75. The van der Waals surface area contributed by atoms with Crippen molar-refractivity contribution in [1.82, 2.24) is 20.4 Å². The minimum Gasteiger partial charge on any atom is -0.354 e. The van der Waals surface area contributed by atoms with E-state index in [-0.39, 0.29) is 6.32 Å². The molecule has 2 aromatic carbocycles. The van der Waals surface area contributed by atoms with Crippen molar-refractivity contribution in [1.29, 1.82) is 0 Å². The molecule has 0 saturated heterocycles. The Morgan fingerprint density at radius 3 is 2.47 bits per heavy atom. The summed E-state index contributed by atoms with van der Waals surface area (Å²) in [5.41, 5.74) is 5.02. The van der Waals surface area contributed by atoms with Gasteiger partial charge in [0.15, 0.2) is 15.6 Å². The van der Waals surface area contributed by atoms with Crippen LogP contribution >= 0.6 is 11.6 Å². The Morgan fingerprint density at radius 1 is 1.09 bits per heavy atom. The second kappa shape index (κ2) is 9.66. The fraction of sp³-hybridized carbons (Fsp3) is 0.240. The molecule has 0 unspecified atom stereocenters. The molecule has 7 nitrogen and oxygen atoms in total. The Kier molecular flexibility index (Phi) is 6.84. The maximum absolute atomic E-state index is 12.4. The van der Waals surface area contributed by atoms with Crippen LogP contribution in [0.4, 0.5) is 0 Å². The standard InChI is InChI=1S/C25H25ClN4O3S.H2/c1-15(2)34(31,32)19-8-6-18(7-9-19)23-14-28-16(3)25(29-23)24-12-22(30-33-24)20-10-5-17(13-27-4)11-21(20)26;/h5-12,14-15,27H,13H2,1-4H3;1H. The van der Waals surface area contributed by atoms with Gasteiger partial charge < -0.3 is 9.84 Å². The van der Waals surface area contributed by atoms with Crippen molar-refractivity contribution in [2.45, 2.75) is 37.5 Å². The molecule has 0 radical (unpaired) electrons. The van der Waals surface area contributed by atoms with Crippen molar-refractivity contribution >= 4 is 21.4 Å². The summed E-state index contributed by atoms with van der Waals surface area (Å²) in [4.78, 5) is 9.46. The molecule has 0 aliphatic rings. The lowest BCUT2D eigenvalue weighted by molar-refractivity contribution is 0.433. The number of nitrogens with zero attached hydrogens (tertiary/aromatic N) is 3. The zero-order chi connectivity index (χ0) is 24.5. The quantitative estimate of drug-likeness (QED) is 0.355. The number of aromatic nitrogens is 3. The van der Waals surface area contributed by atoms with E-state index in [0.29, 0.717) is 33.6 Å². The van der Waals surface area contributed by atoms with E-state index in [9.17, 15) is 8.42 Å². The van der Waals surface area contributed by atoms with Crippen molar-refractivity contribution in [3.8, 4) is 34.0 Å². The molecule has 0 spiro atoms. The highest BCUT2D eigenvalue weighted by molar-refractivity contribution is 7.92. The molecular weight excluding hydrogens is 472 g/mol. The fourth-order valence-corrected chi connectivity index (χ4v) is 4.86. The zero-order valence-electron chi connectivity index (χ0n) is 19.3. The van der Waals surface area contributed by atoms with Crippen LogP contribution in [0.3, 0.4) is 0 Å². The summed E-state index contributed by atoms with van der Waals surface area (Å²) in [5.74, 6) is 0.469. The average molecular weight is 499 g/mol. The first kappa shape index (κ1) is 24.1. The summed E-state index contributed by atoms with van der Waals surface area (Å²) >= 11 is 6.48. The minimum atomic E-state index is -3.34. The zero-order valence-corrected chi connectivity index (χ0v) is 20.9. The third-order valence-corrected chi connectivity index (χ3v) is 7.97. The lowest BCUT2D eigenvalue weighted by Crippen LogP contribution is -2.13. The second-order valence-corrected chi connectivity index (χ2v) is 11.1. The Morgan fingerprint density at radius 2 is 1.82 bits per heavy atom. The molecule has 4 rings (SSSR count). The van der Waals surface area contributed by atoms with E-state index in [1.807, 2.05) is 32.2 Å². The highest BCUT2D eigenvalue weighted by Crippen LogP contribution is 2.32. The lowest BCUT2D eigenvalue weighted by Gasteiger charge is -2.09. The van der Waals surface area contributed by atoms with E-state index in [2.05, 4.69) is 15.5 Å². The SMILES string of the molecule is CNCc1ccc(-c2cc(-c3nc(-c4ccc(S(=O)(=O)C(C)C)cc4)cnc3C)on2)c(Cl)c1.[HH]. The number of hydrogen-bond donors (Lipinski definition) is 1. The van der Waals surface area contributed by atoms with Gasteiger partial charge in [-0.05, 0) is 51.6 Å². The van der Waals surface area contributed by atoms with Crippen LogP contribution in [0.5, 0.6) is 0 Å². The van der Waals surface area contributed by atoms with Gasteiger partial charge in [0.1, 0.15) is 11.4 Å².